The smallest absolute Gasteiger partial charge is 0.226 e. The highest BCUT2D eigenvalue weighted by atomic mass is 32.1. The quantitative estimate of drug-likeness (QED) is 0.549. The minimum absolute atomic E-state index is 0.651. The number of benzene rings is 1. The molecule has 0 bridgehead atoms. The third-order valence-electron chi connectivity index (χ3n) is 7.31. The Morgan fingerprint density at radius 1 is 1.03 bits per heavy atom. The van der Waals surface area contributed by atoms with Crippen LogP contribution in [0.5, 0.6) is 0 Å². The molecule has 2 aromatic heterocycles. The number of ether oxygens (including phenoxy) is 1. The van der Waals surface area contributed by atoms with Crippen LogP contribution in [0.3, 0.4) is 0 Å². The summed E-state index contributed by atoms with van der Waals surface area (Å²) in [7, 11) is 0. The first-order chi connectivity index (χ1) is 17.4. The topological polar surface area (TPSA) is 65.0 Å². The Hall–Kier alpha value is -2.36. The number of thiophene rings is 1. The number of aromatic nitrogens is 2. The Labute approximate surface area is 217 Å². The molecule has 0 spiro atoms. The van der Waals surface area contributed by atoms with Gasteiger partial charge in [0.1, 0.15) is 0 Å². The number of hydrogen-bond acceptors (Lipinski definition) is 8. The van der Waals surface area contributed by atoms with Crippen LogP contribution >= 0.6 is 11.3 Å². The van der Waals surface area contributed by atoms with Crippen molar-refractivity contribution in [3.8, 4) is 11.3 Å². The molecule has 190 valence electrons. The van der Waals surface area contributed by atoms with E-state index in [2.05, 4.69) is 50.4 Å². The molecule has 3 aromatic rings. The van der Waals surface area contributed by atoms with E-state index in [9.17, 15) is 5.11 Å². The van der Waals surface area contributed by atoms with E-state index in [4.69, 9.17) is 14.7 Å². The van der Waals surface area contributed by atoms with Crippen molar-refractivity contribution >= 4 is 33.6 Å². The molecular formula is C28H35N5O2S. The van der Waals surface area contributed by atoms with Gasteiger partial charge in [-0.3, -0.25) is 9.80 Å². The first kappa shape index (κ1) is 24.0. The van der Waals surface area contributed by atoms with Crippen LogP contribution in [0.1, 0.15) is 30.5 Å². The fourth-order valence-electron chi connectivity index (χ4n) is 5.55. The van der Waals surface area contributed by atoms with Crippen LogP contribution in [0, 0.1) is 0 Å². The molecule has 0 saturated carbocycles. The highest BCUT2D eigenvalue weighted by molar-refractivity contribution is 7.17. The van der Waals surface area contributed by atoms with Crippen LogP contribution < -0.4 is 4.90 Å². The van der Waals surface area contributed by atoms with Gasteiger partial charge in [-0.2, -0.15) is 0 Å². The fraction of sp³-hybridized carbons (Fsp3) is 0.500. The Bertz CT molecular complexity index is 1270. The number of hydrogen-bond donors (Lipinski definition) is 1. The number of anilines is 1. The molecule has 36 heavy (non-hydrogen) atoms. The van der Waals surface area contributed by atoms with Gasteiger partial charge in [0.25, 0.3) is 0 Å². The number of aliphatic hydroxyl groups is 1. The van der Waals surface area contributed by atoms with Gasteiger partial charge in [-0.05, 0) is 36.8 Å². The van der Waals surface area contributed by atoms with Gasteiger partial charge < -0.3 is 14.7 Å². The summed E-state index contributed by atoms with van der Waals surface area (Å²) >= 11 is 1.77. The first-order valence-electron chi connectivity index (χ1n) is 13.0. The number of allylic oxidation sites excluding steroid dienone is 1. The van der Waals surface area contributed by atoms with E-state index in [-0.39, 0.29) is 0 Å². The number of fused-ring (bicyclic) bond motifs is 2. The minimum atomic E-state index is -0.651. The molecule has 0 radical (unpaired) electrons. The zero-order valence-electron chi connectivity index (χ0n) is 21.2. The number of β-amino-alcohol motifs (C(OH)–C–C–N with tert-alkyl or cyclic N) is 1. The molecule has 6 rings (SSSR count). The van der Waals surface area contributed by atoms with Crippen LogP contribution in [0.4, 0.5) is 5.95 Å². The van der Waals surface area contributed by atoms with Gasteiger partial charge in [0, 0.05) is 63.5 Å². The Balaban J connectivity index is 1.33. The average Bonchev–Trinajstić information content (AvgIpc) is 3.52. The molecule has 3 aliphatic rings. The van der Waals surface area contributed by atoms with Crippen molar-refractivity contribution in [2.75, 3.05) is 63.9 Å². The maximum Gasteiger partial charge on any atom is 0.226 e. The minimum Gasteiger partial charge on any atom is -0.389 e. The molecular weight excluding hydrogens is 470 g/mol. The van der Waals surface area contributed by atoms with Gasteiger partial charge in [-0.25, -0.2) is 9.97 Å². The van der Waals surface area contributed by atoms with E-state index >= 15 is 0 Å². The standard InChI is InChI=1S/C28H35N5O2S/c1-28(2,34)19-32-11-9-31(10-12-32)17-21-18-36-26-24(21)29-27(33-13-15-35-16-14-33)30-25(26)23-8-4-6-20-5-3-7-22(20)23/h3-4,6-8,18,34H,5,9-17,19H2,1-2H3. The number of rotatable bonds is 6. The predicted octanol–water partition coefficient (Wildman–Crippen LogP) is 3.65. The van der Waals surface area contributed by atoms with Crippen molar-refractivity contribution in [2.24, 2.45) is 0 Å². The highest BCUT2D eigenvalue weighted by Gasteiger charge is 2.25. The maximum absolute atomic E-state index is 10.2. The summed E-state index contributed by atoms with van der Waals surface area (Å²) in [5, 5.41) is 12.5. The second-order valence-electron chi connectivity index (χ2n) is 10.8. The van der Waals surface area contributed by atoms with E-state index in [0.29, 0.717) is 13.2 Å². The lowest BCUT2D eigenvalue weighted by Crippen LogP contribution is -2.50. The third-order valence-corrected chi connectivity index (χ3v) is 8.34. The van der Waals surface area contributed by atoms with Gasteiger partial charge in [0.05, 0.1) is 34.7 Å². The van der Waals surface area contributed by atoms with E-state index in [1.54, 1.807) is 11.3 Å². The van der Waals surface area contributed by atoms with Gasteiger partial charge >= 0.3 is 0 Å². The maximum atomic E-state index is 10.2. The molecule has 0 unspecified atom stereocenters. The molecule has 8 heteroatoms. The van der Waals surface area contributed by atoms with Gasteiger partial charge in [0.2, 0.25) is 5.95 Å². The molecule has 2 saturated heterocycles. The largest absolute Gasteiger partial charge is 0.389 e. The first-order valence-corrected chi connectivity index (χ1v) is 13.9. The van der Waals surface area contributed by atoms with Crippen LogP contribution in [0.2, 0.25) is 0 Å². The lowest BCUT2D eigenvalue weighted by Gasteiger charge is -2.37. The molecule has 2 aliphatic heterocycles. The van der Waals surface area contributed by atoms with Crippen LogP contribution in [-0.4, -0.2) is 89.5 Å². The van der Waals surface area contributed by atoms with E-state index < -0.39 is 5.60 Å². The normalized spacial score (nSPS) is 19.4. The third kappa shape index (κ3) is 4.93. The molecule has 1 aromatic carbocycles. The van der Waals surface area contributed by atoms with Crippen molar-refractivity contribution in [2.45, 2.75) is 32.4 Å². The molecule has 0 atom stereocenters. The molecule has 7 nitrogen and oxygen atoms in total. The zero-order valence-corrected chi connectivity index (χ0v) is 22.1. The van der Waals surface area contributed by atoms with Crippen LogP contribution in [-0.2, 0) is 17.7 Å². The van der Waals surface area contributed by atoms with Crippen molar-refractivity contribution in [1.82, 2.24) is 19.8 Å². The summed E-state index contributed by atoms with van der Waals surface area (Å²) in [5.41, 5.74) is 6.64. The fourth-order valence-corrected chi connectivity index (χ4v) is 6.55. The van der Waals surface area contributed by atoms with Crippen molar-refractivity contribution in [3.63, 3.8) is 0 Å². The van der Waals surface area contributed by atoms with E-state index in [1.165, 1.54) is 27.0 Å². The van der Waals surface area contributed by atoms with Gasteiger partial charge in [-0.15, -0.1) is 11.3 Å². The van der Waals surface area contributed by atoms with Crippen molar-refractivity contribution < 1.29 is 9.84 Å². The average molecular weight is 506 g/mol. The summed E-state index contributed by atoms with van der Waals surface area (Å²) in [6.45, 7) is 12.4. The van der Waals surface area contributed by atoms with E-state index in [0.717, 1.165) is 75.9 Å². The van der Waals surface area contributed by atoms with E-state index in [1.807, 2.05) is 13.8 Å². The molecule has 2 fully saturated rings. The summed E-state index contributed by atoms with van der Waals surface area (Å²) in [5.74, 6) is 0.815. The zero-order chi connectivity index (χ0) is 24.7. The SMILES string of the molecule is CC(C)(O)CN1CCN(Cc2csc3c(-c4cccc5c4C=CC5)nc(N4CCOCC4)nc23)CC1. The second-order valence-corrected chi connectivity index (χ2v) is 11.6. The Kier molecular flexibility index (Phi) is 6.56. The molecule has 1 N–H and O–H groups in total. The predicted molar refractivity (Wildman–Crippen MR) is 147 cm³/mol. The Morgan fingerprint density at radius 2 is 1.81 bits per heavy atom. The van der Waals surface area contributed by atoms with Gasteiger partial charge in [-0.1, -0.05) is 30.4 Å². The molecule has 0 amide bonds. The Morgan fingerprint density at radius 3 is 2.58 bits per heavy atom. The number of nitrogens with zero attached hydrogens (tertiary/aromatic N) is 5. The summed E-state index contributed by atoms with van der Waals surface area (Å²) in [6.07, 6.45) is 5.48. The summed E-state index contributed by atoms with van der Waals surface area (Å²) in [4.78, 5) is 17.5. The monoisotopic (exact) mass is 505 g/mol. The van der Waals surface area contributed by atoms with Crippen molar-refractivity contribution in [1.29, 1.82) is 0 Å². The number of morpholine rings is 1. The van der Waals surface area contributed by atoms with Gasteiger partial charge in [0.15, 0.2) is 0 Å². The number of piperazine rings is 1. The highest BCUT2D eigenvalue weighted by Crippen LogP contribution is 2.39. The van der Waals surface area contributed by atoms with Crippen LogP contribution in [0.15, 0.2) is 29.7 Å². The lowest BCUT2D eigenvalue weighted by molar-refractivity contribution is 0.0167. The van der Waals surface area contributed by atoms with Crippen molar-refractivity contribution in [3.05, 3.63) is 46.3 Å². The summed E-state index contributed by atoms with van der Waals surface area (Å²) in [6, 6.07) is 6.59. The molecule has 1 aliphatic carbocycles. The second kappa shape index (κ2) is 9.84. The lowest BCUT2D eigenvalue weighted by atomic mass is 10.0. The summed E-state index contributed by atoms with van der Waals surface area (Å²) < 4.78 is 6.78. The van der Waals surface area contributed by atoms with Crippen LogP contribution in [0.25, 0.3) is 27.6 Å². The molecule has 4 heterocycles.